The Labute approximate surface area is 76.5 Å². The summed E-state index contributed by atoms with van der Waals surface area (Å²) >= 11 is 0. The lowest BCUT2D eigenvalue weighted by Gasteiger charge is -1.92. The number of benzene rings is 1. The molecule has 0 radical (unpaired) electrons. The van der Waals surface area contributed by atoms with E-state index in [0.717, 1.165) is 5.57 Å². The van der Waals surface area contributed by atoms with E-state index < -0.39 is 0 Å². The molecule has 0 aliphatic heterocycles. The first-order valence-electron chi connectivity index (χ1n) is 4.15. The zero-order chi connectivity index (χ0) is 8.81. The maximum absolute atomic E-state index is 3.82. The van der Waals surface area contributed by atoms with E-state index in [9.17, 15) is 0 Å². The Morgan fingerprint density at radius 2 is 2.00 bits per heavy atom. The average Bonchev–Trinajstić information content (AvgIpc) is 2.05. The van der Waals surface area contributed by atoms with Crippen LogP contribution in [0.15, 0.2) is 54.3 Å². The summed E-state index contributed by atoms with van der Waals surface area (Å²) < 4.78 is 0. The molecule has 0 unspecified atom stereocenters. The molecule has 0 N–H and O–H groups in total. The highest BCUT2D eigenvalue weighted by molar-refractivity contribution is 6.58. The molecule has 0 heterocycles. The second-order valence-corrected chi connectivity index (χ2v) is 4.63. The van der Waals surface area contributed by atoms with Gasteiger partial charge in [0, 0.05) is 0 Å². The number of hydrogen-bond donors (Lipinski definition) is 0. The van der Waals surface area contributed by atoms with E-state index in [1.165, 1.54) is 5.19 Å². The molecule has 0 amide bonds. The number of rotatable bonds is 3. The quantitative estimate of drug-likeness (QED) is 0.482. The Balaban J connectivity index is 2.49. The van der Waals surface area contributed by atoms with Gasteiger partial charge in [-0.05, 0) is 6.92 Å². The van der Waals surface area contributed by atoms with Gasteiger partial charge in [-0.1, -0.05) is 59.4 Å². The minimum atomic E-state index is -0.196. The molecule has 1 aromatic carbocycles. The molecule has 0 atom stereocenters. The van der Waals surface area contributed by atoms with Gasteiger partial charge in [-0.25, -0.2) is 0 Å². The van der Waals surface area contributed by atoms with Gasteiger partial charge in [0.2, 0.25) is 0 Å². The zero-order valence-electron chi connectivity index (χ0n) is 7.46. The van der Waals surface area contributed by atoms with Gasteiger partial charge >= 0.3 is 0 Å². The van der Waals surface area contributed by atoms with Gasteiger partial charge in [0.05, 0.1) is 9.52 Å². The first kappa shape index (κ1) is 9.01. The van der Waals surface area contributed by atoms with Crippen molar-refractivity contribution < 1.29 is 0 Å². The van der Waals surface area contributed by atoms with Crippen LogP contribution in [0, 0.1) is 0 Å². The highest BCUT2D eigenvalue weighted by atomic mass is 28.2. The monoisotopic (exact) mass is 174 g/mol. The Bertz CT molecular complexity index is 272. The number of hydrogen-bond acceptors (Lipinski definition) is 0. The van der Waals surface area contributed by atoms with Crippen molar-refractivity contribution in [2.24, 2.45) is 0 Å². The van der Waals surface area contributed by atoms with Crippen LogP contribution in [0.5, 0.6) is 0 Å². The van der Waals surface area contributed by atoms with Gasteiger partial charge < -0.3 is 0 Å². The first-order valence-corrected chi connectivity index (χ1v) is 5.67. The summed E-state index contributed by atoms with van der Waals surface area (Å²) in [6.45, 7) is 5.85. The summed E-state index contributed by atoms with van der Waals surface area (Å²) in [5, 5.41) is 1.48. The molecule has 0 saturated heterocycles. The average molecular weight is 174 g/mol. The van der Waals surface area contributed by atoms with Crippen molar-refractivity contribution in [2.45, 2.75) is 6.92 Å². The number of allylic oxidation sites excluding steroid dienone is 2. The van der Waals surface area contributed by atoms with Gasteiger partial charge in [0.15, 0.2) is 0 Å². The Kier molecular flexibility index (Phi) is 3.55. The third kappa shape index (κ3) is 3.35. The maximum Gasteiger partial charge on any atom is 0.0783 e. The summed E-state index contributed by atoms with van der Waals surface area (Å²) in [6, 6.07) is 10.6. The summed E-state index contributed by atoms with van der Waals surface area (Å²) in [6.07, 6.45) is 2.11. The highest BCUT2D eigenvalue weighted by Crippen LogP contribution is 1.88. The van der Waals surface area contributed by atoms with Crippen molar-refractivity contribution in [3.8, 4) is 0 Å². The molecule has 0 aliphatic rings. The lowest BCUT2D eigenvalue weighted by Crippen LogP contribution is -2.10. The fourth-order valence-electron chi connectivity index (χ4n) is 1.01. The molecule has 1 heteroatoms. The van der Waals surface area contributed by atoms with Crippen LogP contribution in [0.1, 0.15) is 6.92 Å². The van der Waals surface area contributed by atoms with Gasteiger partial charge in [-0.2, -0.15) is 0 Å². The van der Waals surface area contributed by atoms with Crippen molar-refractivity contribution in [3.05, 3.63) is 54.3 Å². The highest BCUT2D eigenvalue weighted by Gasteiger charge is 1.85. The summed E-state index contributed by atoms with van der Waals surface area (Å²) in [5.74, 6) is 0. The summed E-state index contributed by atoms with van der Waals surface area (Å²) in [4.78, 5) is 0. The third-order valence-electron chi connectivity index (χ3n) is 1.60. The minimum Gasteiger partial charge on any atom is -0.0961 e. The van der Waals surface area contributed by atoms with Crippen molar-refractivity contribution in [2.75, 3.05) is 0 Å². The molecule has 62 valence electrons. The lowest BCUT2D eigenvalue weighted by atomic mass is 10.4. The van der Waals surface area contributed by atoms with Crippen molar-refractivity contribution in [3.63, 3.8) is 0 Å². The van der Waals surface area contributed by atoms with E-state index in [1.807, 2.05) is 6.92 Å². The van der Waals surface area contributed by atoms with E-state index in [1.54, 1.807) is 0 Å². The Hall–Kier alpha value is -1.08. The molecule has 0 aliphatic carbocycles. The molecular formula is C11H14Si. The largest absolute Gasteiger partial charge is 0.0961 e. The second kappa shape index (κ2) is 4.73. The van der Waals surface area contributed by atoms with E-state index in [4.69, 9.17) is 0 Å². The molecule has 0 aromatic heterocycles. The normalized spacial score (nSPS) is 11.4. The molecule has 0 saturated carbocycles. The van der Waals surface area contributed by atoms with E-state index in [2.05, 4.69) is 48.7 Å². The van der Waals surface area contributed by atoms with Gasteiger partial charge in [0.1, 0.15) is 0 Å². The molecule has 0 bridgehead atoms. The summed E-state index contributed by atoms with van der Waals surface area (Å²) in [5.41, 5.74) is 3.41. The first-order chi connectivity index (χ1) is 5.79. The van der Waals surface area contributed by atoms with Crippen LogP contribution in [0.4, 0.5) is 0 Å². The van der Waals surface area contributed by atoms with E-state index in [0.29, 0.717) is 0 Å². The van der Waals surface area contributed by atoms with E-state index in [-0.39, 0.29) is 9.52 Å². The van der Waals surface area contributed by atoms with Crippen LogP contribution in [-0.4, -0.2) is 9.52 Å². The van der Waals surface area contributed by atoms with Crippen molar-refractivity contribution >= 4 is 14.7 Å². The molecule has 1 aromatic rings. The Morgan fingerprint density at radius 3 is 2.58 bits per heavy atom. The van der Waals surface area contributed by atoms with Gasteiger partial charge in [-0.15, -0.1) is 0 Å². The summed E-state index contributed by atoms with van der Waals surface area (Å²) in [7, 11) is -0.196. The fraction of sp³-hybridized carbons (Fsp3) is 0.0909. The molecule has 1 rings (SSSR count). The van der Waals surface area contributed by atoms with Crippen molar-refractivity contribution in [1.29, 1.82) is 0 Å². The zero-order valence-corrected chi connectivity index (χ0v) is 8.87. The van der Waals surface area contributed by atoms with Crippen molar-refractivity contribution in [1.82, 2.24) is 0 Å². The molecule has 12 heavy (non-hydrogen) atoms. The Morgan fingerprint density at radius 1 is 1.33 bits per heavy atom. The van der Waals surface area contributed by atoms with Crippen LogP contribution in [0.3, 0.4) is 0 Å². The van der Waals surface area contributed by atoms with Crippen LogP contribution < -0.4 is 5.19 Å². The smallest absolute Gasteiger partial charge is 0.0783 e. The lowest BCUT2D eigenvalue weighted by molar-refractivity contribution is 1.57. The van der Waals surface area contributed by atoms with Crippen LogP contribution in [-0.2, 0) is 0 Å². The predicted octanol–water partition coefficient (Wildman–Crippen LogP) is 1.57. The third-order valence-corrected chi connectivity index (χ3v) is 3.01. The molecule has 0 fully saturated rings. The molecule has 0 spiro atoms. The fourth-order valence-corrected chi connectivity index (χ4v) is 2.35. The maximum atomic E-state index is 3.82. The van der Waals surface area contributed by atoms with Crippen LogP contribution in [0.2, 0.25) is 0 Å². The molecule has 0 nitrogen and oxygen atoms in total. The predicted molar refractivity (Wildman–Crippen MR) is 58.6 cm³/mol. The van der Waals surface area contributed by atoms with E-state index >= 15 is 0 Å². The van der Waals surface area contributed by atoms with Crippen LogP contribution in [0.25, 0.3) is 0 Å². The minimum absolute atomic E-state index is 0.196. The topological polar surface area (TPSA) is 0 Å². The SMILES string of the molecule is C=C(C)/C=C/[SiH2]c1ccccc1. The second-order valence-electron chi connectivity index (χ2n) is 2.94. The van der Waals surface area contributed by atoms with Gasteiger partial charge in [-0.3, -0.25) is 0 Å². The standard InChI is InChI=1S/C11H14Si/c1-10(2)8-9-12-11-6-4-3-5-7-11/h3-9H,1,12H2,2H3/b9-8+. The van der Waals surface area contributed by atoms with Crippen LogP contribution >= 0.6 is 0 Å². The molecular weight excluding hydrogens is 160 g/mol. The van der Waals surface area contributed by atoms with Gasteiger partial charge in [0.25, 0.3) is 0 Å².